The van der Waals surface area contributed by atoms with Crippen molar-refractivity contribution in [3.63, 3.8) is 0 Å². The maximum Gasteiger partial charge on any atom is 0.165 e. The van der Waals surface area contributed by atoms with E-state index in [4.69, 9.17) is 9.47 Å². The average Bonchev–Trinajstić information content (AvgIpc) is 2.77. The van der Waals surface area contributed by atoms with Gasteiger partial charge < -0.3 is 9.47 Å². The van der Waals surface area contributed by atoms with Crippen molar-refractivity contribution in [3.8, 4) is 17.6 Å². The van der Waals surface area contributed by atoms with Gasteiger partial charge in [-0.3, -0.25) is 0 Å². The van der Waals surface area contributed by atoms with Gasteiger partial charge in [-0.1, -0.05) is 94.6 Å². The first-order chi connectivity index (χ1) is 15.5. The highest BCUT2D eigenvalue weighted by molar-refractivity contribution is 5.27. The van der Waals surface area contributed by atoms with Gasteiger partial charge >= 0.3 is 0 Å². The topological polar surface area (TPSA) is 18.5 Å². The number of ether oxygens (including phenoxy) is 2. The van der Waals surface area contributed by atoms with Crippen LogP contribution in [0.3, 0.4) is 0 Å². The summed E-state index contributed by atoms with van der Waals surface area (Å²) in [4.78, 5) is 0. The SMILES string of the molecule is COc1ccc(CCOCCCCCCCCCCCCCCCC#CC(C)(C)F)cc1. The molecular formula is C29H47FO2. The standard InChI is InChI=1S/C29H47FO2/c1-29(2,30)24-17-15-13-11-9-7-5-4-6-8-10-12-14-16-18-25-32-26-23-27-19-21-28(31-3)22-20-27/h19-22H,4-16,18,23,25-26H2,1-3H3. The number of unbranched alkanes of at least 4 members (excludes halogenated alkanes) is 13. The van der Waals surface area contributed by atoms with Crippen molar-refractivity contribution in [1.82, 2.24) is 0 Å². The summed E-state index contributed by atoms with van der Waals surface area (Å²) in [6, 6.07) is 8.23. The van der Waals surface area contributed by atoms with Gasteiger partial charge in [-0.25, -0.2) is 4.39 Å². The van der Waals surface area contributed by atoms with Gasteiger partial charge in [-0.05, 0) is 50.8 Å². The molecule has 1 aromatic carbocycles. The van der Waals surface area contributed by atoms with E-state index < -0.39 is 5.67 Å². The number of halogens is 1. The third-order valence-electron chi connectivity index (χ3n) is 5.67. The zero-order chi connectivity index (χ0) is 23.3. The molecule has 0 heterocycles. The molecule has 182 valence electrons. The van der Waals surface area contributed by atoms with Gasteiger partial charge in [0.05, 0.1) is 13.7 Å². The van der Waals surface area contributed by atoms with Gasteiger partial charge in [0, 0.05) is 13.0 Å². The lowest BCUT2D eigenvalue weighted by molar-refractivity contribution is 0.133. The molecule has 0 bridgehead atoms. The van der Waals surface area contributed by atoms with Crippen molar-refractivity contribution < 1.29 is 13.9 Å². The maximum atomic E-state index is 13.2. The summed E-state index contributed by atoms with van der Waals surface area (Å²) >= 11 is 0. The second kappa shape index (κ2) is 19.0. The Bertz CT molecular complexity index is 607. The summed E-state index contributed by atoms with van der Waals surface area (Å²) in [5.74, 6) is 6.52. The molecule has 0 N–H and O–H groups in total. The Balaban J connectivity index is 1.75. The third-order valence-corrected chi connectivity index (χ3v) is 5.67. The summed E-state index contributed by atoms with van der Waals surface area (Å²) in [6.45, 7) is 4.72. The lowest BCUT2D eigenvalue weighted by Crippen LogP contribution is -2.06. The number of hydrogen-bond donors (Lipinski definition) is 0. The van der Waals surface area contributed by atoms with Crippen LogP contribution in [-0.2, 0) is 11.2 Å². The average molecular weight is 447 g/mol. The molecule has 2 nitrogen and oxygen atoms in total. The Hall–Kier alpha value is -1.53. The number of methoxy groups -OCH3 is 1. The van der Waals surface area contributed by atoms with Crippen LogP contribution in [0.1, 0.15) is 109 Å². The predicted molar refractivity (Wildman–Crippen MR) is 135 cm³/mol. The van der Waals surface area contributed by atoms with E-state index in [-0.39, 0.29) is 0 Å². The van der Waals surface area contributed by atoms with Crippen LogP contribution in [-0.4, -0.2) is 26.0 Å². The first-order valence-corrected chi connectivity index (χ1v) is 12.9. The second-order valence-electron chi connectivity index (χ2n) is 9.33. The van der Waals surface area contributed by atoms with Crippen LogP contribution in [0.25, 0.3) is 0 Å². The Kier molecular flexibility index (Phi) is 16.9. The minimum Gasteiger partial charge on any atom is -0.497 e. The molecule has 0 fully saturated rings. The molecule has 0 saturated carbocycles. The molecule has 0 spiro atoms. The fraction of sp³-hybridized carbons (Fsp3) is 0.724. The number of hydrogen-bond acceptors (Lipinski definition) is 2. The Morgan fingerprint density at radius 3 is 1.72 bits per heavy atom. The number of alkyl halides is 1. The predicted octanol–water partition coefficient (Wildman–Crippen LogP) is 8.47. The van der Waals surface area contributed by atoms with Crippen LogP contribution in [0.15, 0.2) is 24.3 Å². The van der Waals surface area contributed by atoms with Crippen LogP contribution in [0.2, 0.25) is 0 Å². The number of rotatable bonds is 19. The summed E-state index contributed by atoms with van der Waals surface area (Å²) in [6.07, 6.45) is 18.8. The summed E-state index contributed by atoms with van der Waals surface area (Å²) in [5, 5.41) is 0. The van der Waals surface area contributed by atoms with E-state index in [1.54, 1.807) is 7.11 Å². The first-order valence-electron chi connectivity index (χ1n) is 12.9. The van der Waals surface area contributed by atoms with Gasteiger partial charge in [0.25, 0.3) is 0 Å². The molecule has 1 aromatic rings. The van der Waals surface area contributed by atoms with E-state index in [0.29, 0.717) is 0 Å². The molecular weight excluding hydrogens is 399 g/mol. The summed E-state index contributed by atoms with van der Waals surface area (Å²) in [5.41, 5.74) is -0.0392. The monoisotopic (exact) mass is 446 g/mol. The lowest BCUT2D eigenvalue weighted by Gasteiger charge is -2.06. The second-order valence-corrected chi connectivity index (χ2v) is 9.33. The van der Waals surface area contributed by atoms with Gasteiger partial charge in [0.15, 0.2) is 5.67 Å². The molecule has 32 heavy (non-hydrogen) atoms. The summed E-state index contributed by atoms with van der Waals surface area (Å²) in [7, 11) is 1.69. The van der Waals surface area contributed by atoms with Crippen LogP contribution in [0.5, 0.6) is 5.75 Å². The zero-order valence-electron chi connectivity index (χ0n) is 21.0. The molecule has 3 heteroatoms. The lowest BCUT2D eigenvalue weighted by atomic mass is 10.0. The van der Waals surface area contributed by atoms with E-state index in [2.05, 4.69) is 24.0 Å². The molecule has 0 aliphatic rings. The maximum absolute atomic E-state index is 13.2. The van der Waals surface area contributed by atoms with Crippen molar-refractivity contribution in [2.24, 2.45) is 0 Å². The van der Waals surface area contributed by atoms with E-state index >= 15 is 0 Å². The molecule has 0 radical (unpaired) electrons. The molecule has 0 saturated heterocycles. The Morgan fingerprint density at radius 2 is 1.22 bits per heavy atom. The van der Waals surface area contributed by atoms with Crippen molar-refractivity contribution in [2.45, 2.75) is 116 Å². The normalized spacial score (nSPS) is 11.2. The molecule has 0 amide bonds. The third kappa shape index (κ3) is 18.1. The number of benzene rings is 1. The van der Waals surface area contributed by atoms with Crippen molar-refractivity contribution in [1.29, 1.82) is 0 Å². The zero-order valence-corrected chi connectivity index (χ0v) is 21.0. The van der Waals surface area contributed by atoms with Crippen LogP contribution >= 0.6 is 0 Å². The van der Waals surface area contributed by atoms with Crippen molar-refractivity contribution in [3.05, 3.63) is 29.8 Å². The molecule has 0 unspecified atom stereocenters. The fourth-order valence-electron chi connectivity index (χ4n) is 3.72. The van der Waals surface area contributed by atoms with Crippen LogP contribution in [0.4, 0.5) is 4.39 Å². The Morgan fingerprint density at radius 1 is 0.719 bits per heavy atom. The van der Waals surface area contributed by atoms with Crippen LogP contribution < -0.4 is 4.74 Å². The van der Waals surface area contributed by atoms with E-state index in [1.807, 2.05) is 12.1 Å². The smallest absolute Gasteiger partial charge is 0.165 e. The first kappa shape index (κ1) is 28.5. The molecule has 0 atom stereocenters. The van der Waals surface area contributed by atoms with Gasteiger partial charge in [-0.2, -0.15) is 0 Å². The fourth-order valence-corrected chi connectivity index (χ4v) is 3.72. The molecule has 0 aliphatic heterocycles. The molecule has 0 aliphatic carbocycles. The van der Waals surface area contributed by atoms with Gasteiger partial charge in [0.1, 0.15) is 5.75 Å². The summed E-state index contributed by atoms with van der Waals surface area (Å²) < 4.78 is 24.1. The van der Waals surface area contributed by atoms with Gasteiger partial charge in [0.2, 0.25) is 0 Å². The van der Waals surface area contributed by atoms with E-state index in [9.17, 15) is 4.39 Å². The van der Waals surface area contributed by atoms with Crippen molar-refractivity contribution >= 4 is 0 Å². The minimum atomic E-state index is -1.34. The largest absolute Gasteiger partial charge is 0.497 e. The highest BCUT2D eigenvalue weighted by atomic mass is 19.1. The van der Waals surface area contributed by atoms with Crippen LogP contribution in [0, 0.1) is 11.8 Å². The molecule has 1 rings (SSSR count). The van der Waals surface area contributed by atoms with Crippen molar-refractivity contribution in [2.75, 3.05) is 20.3 Å². The molecule has 0 aromatic heterocycles. The Labute approximate surface area is 197 Å². The van der Waals surface area contributed by atoms with E-state index in [0.717, 1.165) is 38.2 Å². The van der Waals surface area contributed by atoms with Gasteiger partial charge in [-0.15, -0.1) is 0 Å². The highest BCUT2D eigenvalue weighted by Crippen LogP contribution is 2.14. The quantitative estimate of drug-likeness (QED) is 0.157. The highest BCUT2D eigenvalue weighted by Gasteiger charge is 2.08. The minimum absolute atomic E-state index is 0.803. The van der Waals surface area contributed by atoms with E-state index in [1.165, 1.54) is 96.5 Å².